The van der Waals surface area contributed by atoms with Gasteiger partial charge in [-0.25, -0.2) is 9.78 Å². The van der Waals surface area contributed by atoms with Gasteiger partial charge in [0.15, 0.2) is 11.3 Å². The molecule has 0 radical (unpaired) electrons. The number of nitrogens with zero attached hydrogens (tertiary/aromatic N) is 3. The second kappa shape index (κ2) is 3.83. The van der Waals surface area contributed by atoms with Gasteiger partial charge < -0.3 is 5.11 Å². The summed E-state index contributed by atoms with van der Waals surface area (Å²) < 4.78 is 1.62. The highest BCUT2D eigenvalue weighted by atomic mass is 35.5. The second-order valence-electron chi connectivity index (χ2n) is 3.67. The second-order valence-corrected chi connectivity index (χ2v) is 4.49. The van der Waals surface area contributed by atoms with Crippen molar-refractivity contribution in [2.45, 2.75) is 0 Å². The van der Waals surface area contributed by atoms with E-state index in [1.807, 2.05) is 0 Å². The van der Waals surface area contributed by atoms with Crippen molar-refractivity contribution < 1.29 is 9.90 Å². The molecule has 5 nitrogen and oxygen atoms in total. The number of fused-ring (bicyclic) bond motifs is 3. The van der Waals surface area contributed by atoms with Crippen LogP contribution in [0.3, 0.4) is 0 Å². The predicted octanol–water partition coefficient (Wildman–Crippen LogP) is 2.89. The lowest BCUT2D eigenvalue weighted by Crippen LogP contribution is -1.94. The Morgan fingerprint density at radius 3 is 2.72 bits per heavy atom. The van der Waals surface area contributed by atoms with E-state index < -0.39 is 5.97 Å². The summed E-state index contributed by atoms with van der Waals surface area (Å²) in [4.78, 5) is 19.0. The molecule has 0 amide bonds. The summed E-state index contributed by atoms with van der Waals surface area (Å²) in [5.41, 5.74) is 1.67. The third-order valence-corrected chi connectivity index (χ3v) is 3.27. The Morgan fingerprint density at radius 1 is 1.28 bits per heavy atom. The van der Waals surface area contributed by atoms with Gasteiger partial charge in [-0.2, -0.15) is 0 Å². The van der Waals surface area contributed by atoms with Crippen molar-refractivity contribution in [1.29, 1.82) is 0 Å². The Hall–Kier alpha value is -1.85. The molecule has 1 N–H and O–H groups in total. The minimum Gasteiger partial charge on any atom is -0.476 e. The molecule has 0 fully saturated rings. The standard InChI is InChI=1S/C11H5Cl2N3O2/c12-5-1-7-9(2-6(5)13)16-4-8(11(17)18)15-10(16)3-14-7/h1-4H,(H,17,18). The molecule has 3 rings (SSSR count). The summed E-state index contributed by atoms with van der Waals surface area (Å²) in [5.74, 6) is -1.09. The molecule has 7 heteroatoms. The number of carboxylic acids is 1. The normalized spacial score (nSPS) is 11.2. The van der Waals surface area contributed by atoms with Crippen molar-refractivity contribution in [2.75, 3.05) is 0 Å². The fourth-order valence-corrected chi connectivity index (χ4v) is 2.05. The molecule has 90 valence electrons. The van der Waals surface area contributed by atoms with Crippen molar-refractivity contribution >= 4 is 45.9 Å². The van der Waals surface area contributed by atoms with Crippen LogP contribution < -0.4 is 0 Å². The predicted molar refractivity (Wildman–Crippen MR) is 67.5 cm³/mol. The smallest absolute Gasteiger partial charge is 0.356 e. The molecule has 0 aliphatic rings. The highest BCUT2D eigenvalue weighted by molar-refractivity contribution is 6.42. The number of imidazole rings is 1. The highest BCUT2D eigenvalue weighted by Gasteiger charge is 2.12. The molecule has 0 aliphatic carbocycles. The topological polar surface area (TPSA) is 67.5 Å². The van der Waals surface area contributed by atoms with E-state index in [0.29, 0.717) is 26.7 Å². The van der Waals surface area contributed by atoms with Crippen molar-refractivity contribution in [1.82, 2.24) is 14.4 Å². The number of rotatable bonds is 1. The van der Waals surface area contributed by atoms with E-state index in [0.717, 1.165) is 0 Å². The molecule has 0 aliphatic heterocycles. The molecule has 2 heterocycles. The molecule has 0 saturated carbocycles. The molecule has 1 aromatic carbocycles. The lowest BCUT2D eigenvalue weighted by molar-refractivity contribution is 0.0691. The van der Waals surface area contributed by atoms with Crippen LogP contribution in [0.1, 0.15) is 10.5 Å². The maximum atomic E-state index is 10.9. The van der Waals surface area contributed by atoms with E-state index in [1.165, 1.54) is 12.4 Å². The van der Waals surface area contributed by atoms with Crippen LogP contribution in [0.5, 0.6) is 0 Å². The first-order valence-electron chi connectivity index (χ1n) is 4.92. The molecule has 18 heavy (non-hydrogen) atoms. The van der Waals surface area contributed by atoms with Crippen LogP contribution in [-0.2, 0) is 0 Å². The van der Waals surface area contributed by atoms with Gasteiger partial charge in [-0.05, 0) is 12.1 Å². The number of carboxylic acid groups (broad SMARTS) is 1. The van der Waals surface area contributed by atoms with Crippen molar-refractivity contribution in [2.24, 2.45) is 0 Å². The largest absolute Gasteiger partial charge is 0.476 e. The molecular formula is C11H5Cl2N3O2. The van der Waals surface area contributed by atoms with Crippen LogP contribution in [0.25, 0.3) is 16.7 Å². The number of aromatic carboxylic acids is 1. The number of halogens is 2. The molecule has 0 spiro atoms. The Morgan fingerprint density at radius 2 is 2.00 bits per heavy atom. The molecule has 0 unspecified atom stereocenters. The zero-order chi connectivity index (χ0) is 12.9. The maximum Gasteiger partial charge on any atom is 0.356 e. The fraction of sp³-hybridized carbons (Fsp3) is 0. The third kappa shape index (κ3) is 1.60. The van der Waals surface area contributed by atoms with E-state index >= 15 is 0 Å². The first-order chi connectivity index (χ1) is 8.56. The van der Waals surface area contributed by atoms with Crippen LogP contribution in [0.15, 0.2) is 24.5 Å². The van der Waals surface area contributed by atoms with Gasteiger partial charge in [-0.3, -0.25) is 9.38 Å². The van der Waals surface area contributed by atoms with Gasteiger partial charge in [0.1, 0.15) is 0 Å². The Bertz CT molecular complexity index is 798. The van der Waals surface area contributed by atoms with E-state index in [2.05, 4.69) is 9.97 Å². The molecule has 3 aromatic rings. The first kappa shape index (κ1) is 11.3. The lowest BCUT2D eigenvalue weighted by atomic mass is 10.3. The number of aromatic nitrogens is 3. The summed E-state index contributed by atoms with van der Waals surface area (Å²) in [6.07, 6.45) is 2.91. The average molecular weight is 282 g/mol. The van der Waals surface area contributed by atoms with Gasteiger partial charge in [0.25, 0.3) is 0 Å². The van der Waals surface area contributed by atoms with Crippen LogP contribution in [-0.4, -0.2) is 25.4 Å². The zero-order valence-corrected chi connectivity index (χ0v) is 10.3. The minimum absolute atomic E-state index is 0.0460. The van der Waals surface area contributed by atoms with Gasteiger partial charge >= 0.3 is 5.97 Å². The number of benzene rings is 1. The summed E-state index contributed by atoms with van der Waals surface area (Å²) in [5, 5.41) is 9.69. The summed E-state index contributed by atoms with van der Waals surface area (Å²) in [6, 6.07) is 3.26. The summed E-state index contributed by atoms with van der Waals surface area (Å²) in [7, 11) is 0. The SMILES string of the molecule is O=C(O)c1cn2c(cnc3cc(Cl)c(Cl)cc32)n1. The van der Waals surface area contributed by atoms with Gasteiger partial charge in [-0.15, -0.1) is 0 Å². The van der Waals surface area contributed by atoms with Crippen LogP contribution in [0.4, 0.5) is 0 Å². The molecular weight excluding hydrogens is 277 g/mol. The van der Waals surface area contributed by atoms with E-state index in [1.54, 1.807) is 16.5 Å². The lowest BCUT2D eigenvalue weighted by Gasteiger charge is -2.02. The quantitative estimate of drug-likeness (QED) is 0.745. The molecule has 0 atom stereocenters. The minimum atomic E-state index is -1.09. The van der Waals surface area contributed by atoms with E-state index in [-0.39, 0.29) is 5.69 Å². The van der Waals surface area contributed by atoms with Crippen molar-refractivity contribution in [3.05, 3.63) is 40.3 Å². The monoisotopic (exact) mass is 281 g/mol. The fourth-order valence-electron chi connectivity index (χ4n) is 1.73. The number of carbonyl (C=O) groups is 1. The Labute approximate surface area is 111 Å². The maximum absolute atomic E-state index is 10.9. The van der Waals surface area contributed by atoms with Gasteiger partial charge in [0.05, 0.1) is 27.3 Å². The Kier molecular flexibility index (Phi) is 2.39. The van der Waals surface area contributed by atoms with E-state index in [4.69, 9.17) is 28.3 Å². The average Bonchev–Trinajstić information content (AvgIpc) is 2.75. The van der Waals surface area contributed by atoms with Crippen LogP contribution >= 0.6 is 23.2 Å². The molecule has 0 bridgehead atoms. The van der Waals surface area contributed by atoms with Gasteiger partial charge in [0.2, 0.25) is 0 Å². The zero-order valence-electron chi connectivity index (χ0n) is 8.76. The molecule has 0 saturated heterocycles. The Balaban J connectivity index is 2.44. The van der Waals surface area contributed by atoms with Crippen molar-refractivity contribution in [3.8, 4) is 0 Å². The number of hydrogen-bond acceptors (Lipinski definition) is 3. The van der Waals surface area contributed by atoms with Crippen molar-refractivity contribution in [3.63, 3.8) is 0 Å². The molecule has 2 aromatic heterocycles. The highest BCUT2D eigenvalue weighted by Crippen LogP contribution is 2.27. The van der Waals surface area contributed by atoms with E-state index in [9.17, 15) is 4.79 Å². The summed E-state index contributed by atoms with van der Waals surface area (Å²) >= 11 is 11.9. The van der Waals surface area contributed by atoms with Gasteiger partial charge in [0, 0.05) is 6.20 Å². The van der Waals surface area contributed by atoms with Crippen LogP contribution in [0.2, 0.25) is 10.0 Å². The first-order valence-corrected chi connectivity index (χ1v) is 5.68. The number of hydrogen-bond donors (Lipinski definition) is 1. The third-order valence-electron chi connectivity index (χ3n) is 2.55. The van der Waals surface area contributed by atoms with Gasteiger partial charge in [-0.1, -0.05) is 23.2 Å². The van der Waals surface area contributed by atoms with Crippen LogP contribution in [0, 0.1) is 0 Å². The summed E-state index contributed by atoms with van der Waals surface area (Å²) in [6.45, 7) is 0.